The Balaban J connectivity index is 0.000000289. The average molecular weight is 514 g/mol. The molecule has 0 radical (unpaired) electrons. The molecule has 0 spiro atoms. The van der Waals surface area contributed by atoms with E-state index < -0.39 is 0 Å². The van der Waals surface area contributed by atoms with Crippen LogP contribution < -0.4 is 0 Å². The van der Waals surface area contributed by atoms with Crippen molar-refractivity contribution in [1.29, 1.82) is 0 Å². The standard InChI is InChI=1S/C25H32N2O.C9H15N/c1-16-19-7-6-18-21-9-8-20(17-5-4-14-26-15-17)25(21,3)12-10-22(18)24(19,2)13-11-23(16)27-28;1-4-6-9(3)8-10-7-5-2/h4-5,8,14-15,18,21-22,28H,6-7,9-13H2,1-3H3;4,6-8H,5H2,1-3H3/b27-23+;6-4+,9-8+,10-7?. The van der Waals surface area contributed by atoms with Crippen molar-refractivity contribution < 1.29 is 5.21 Å². The molecule has 4 nitrogen and oxygen atoms in total. The van der Waals surface area contributed by atoms with Gasteiger partial charge in [0.25, 0.3) is 0 Å². The Labute approximate surface area is 230 Å². The average Bonchev–Trinajstić information content (AvgIpc) is 3.27. The lowest BCUT2D eigenvalue weighted by Crippen LogP contribution is -2.50. The predicted molar refractivity (Wildman–Crippen MR) is 160 cm³/mol. The van der Waals surface area contributed by atoms with Crippen molar-refractivity contribution in [3.05, 3.63) is 71.2 Å². The van der Waals surface area contributed by atoms with Crippen molar-refractivity contribution >= 4 is 17.5 Å². The van der Waals surface area contributed by atoms with Gasteiger partial charge in [-0.05, 0) is 129 Å². The Morgan fingerprint density at radius 3 is 2.66 bits per heavy atom. The summed E-state index contributed by atoms with van der Waals surface area (Å²) in [5.41, 5.74) is 8.44. The Morgan fingerprint density at radius 1 is 1.16 bits per heavy atom. The minimum atomic E-state index is 0.291. The van der Waals surface area contributed by atoms with Crippen LogP contribution in [0.2, 0.25) is 0 Å². The van der Waals surface area contributed by atoms with Gasteiger partial charge < -0.3 is 5.21 Å². The maximum atomic E-state index is 9.40. The Bertz CT molecular complexity index is 1170. The summed E-state index contributed by atoms with van der Waals surface area (Å²) in [5, 5.41) is 13.0. The zero-order valence-electron chi connectivity index (χ0n) is 24.4. The van der Waals surface area contributed by atoms with E-state index in [9.17, 15) is 5.21 Å². The molecule has 0 bridgehead atoms. The highest BCUT2D eigenvalue weighted by Gasteiger charge is 2.57. The van der Waals surface area contributed by atoms with Crippen LogP contribution in [0.15, 0.2) is 75.8 Å². The molecular formula is C34H47N3O. The molecule has 2 saturated carbocycles. The Kier molecular flexibility index (Phi) is 8.90. The summed E-state index contributed by atoms with van der Waals surface area (Å²) < 4.78 is 0. The van der Waals surface area contributed by atoms with Gasteiger partial charge in [0.1, 0.15) is 0 Å². The molecule has 0 aromatic carbocycles. The first-order chi connectivity index (χ1) is 18.3. The fourth-order valence-electron chi connectivity index (χ4n) is 8.24. The first-order valence-electron chi connectivity index (χ1n) is 14.6. The third-order valence-electron chi connectivity index (χ3n) is 10.1. The highest BCUT2D eigenvalue weighted by molar-refractivity contribution is 6.01. The van der Waals surface area contributed by atoms with Gasteiger partial charge in [-0.25, -0.2) is 0 Å². The second kappa shape index (κ2) is 12.0. The Morgan fingerprint density at radius 2 is 1.97 bits per heavy atom. The number of pyridine rings is 1. The second-order valence-electron chi connectivity index (χ2n) is 12.1. The molecule has 0 aliphatic heterocycles. The summed E-state index contributed by atoms with van der Waals surface area (Å²) in [6.45, 7) is 13.3. The molecule has 4 aliphatic carbocycles. The van der Waals surface area contributed by atoms with Gasteiger partial charge in [0.05, 0.1) is 5.71 Å². The minimum Gasteiger partial charge on any atom is -0.411 e. The molecule has 1 N–H and O–H groups in total. The number of aliphatic imine (C=N–C) groups is 1. The van der Waals surface area contributed by atoms with Crippen LogP contribution in [0.5, 0.6) is 0 Å². The zero-order valence-corrected chi connectivity index (χ0v) is 24.4. The number of hydrogen-bond donors (Lipinski definition) is 1. The lowest BCUT2D eigenvalue weighted by atomic mass is 9.46. The number of hydrogen-bond acceptors (Lipinski definition) is 4. The van der Waals surface area contributed by atoms with Crippen molar-refractivity contribution in [2.75, 3.05) is 0 Å². The van der Waals surface area contributed by atoms with Crippen LogP contribution in [0.3, 0.4) is 0 Å². The highest BCUT2D eigenvalue weighted by Crippen LogP contribution is 2.67. The quantitative estimate of drug-likeness (QED) is 0.189. The van der Waals surface area contributed by atoms with Crippen molar-refractivity contribution in [2.45, 2.75) is 92.9 Å². The van der Waals surface area contributed by atoms with Gasteiger partial charge in [-0.15, -0.1) is 0 Å². The van der Waals surface area contributed by atoms with Gasteiger partial charge in [0.15, 0.2) is 0 Å². The molecule has 1 heterocycles. The molecule has 5 rings (SSSR count). The molecule has 1 aromatic rings. The lowest BCUT2D eigenvalue weighted by molar-refractivity contribution is -0.0196. The molecule has 204 valence electrons. The summed E-state index contributed by atoms with van der Waals surface area (Å²) in [7, 11) is 0. The number of fused-ring (bicyclic) bond motifs is 5. The number of rotatable bonds is 4. The second-order valence-corrected chi connectivity index (χ2v) is 12.1. The number of nitrogens with zero attached hydrogens (tertiary/aromatic N) is 3. The molecule has 38 heavy (non-hydrogen) atoms. The predicted octanol–water partition coefficient (Wildman–Crippen LogP) is 9.21. The largest absolute Gasteiger partial charge is 0.411 e. The van der Waals surface area contributed by atoms with Gasteiger partial charge in [-0.3, -0.25) is 9.98 Å². The smallest absolute Gasteiger partial charge is 0.0824 e. The van der Waals surface area contributed by atoms with E-state index in [2.05, 4.69) is 67.2 Å². The van der Waals surface area contributed by atoms with E-state index >= 15 is 0 Å². The normalized spacial score (nSPS) is 34.1. The molecular weight excluding hydrogens is 466 g/mol. The monoisotopic (exact) mass is 513 g/mol. The minimum absolute atomic E-state index is 0.291. The molecule has 1 aromatic heterocycles. The number of allylic oxidation sites excluding steroid dienone is 7. The van der Waals surface area contributed by atoms with E-state index in [-0.39, 0.29) is 0 Å². The van der Waals surface area contributed by atoms with Gasteiger partial charge in [0, 0.05) is 24.8 Å². The van der Waals surface area contributed by atoms with E-state index in [0.717, 1.165) is 42.7 Å². The molecule has 0 amide bonds. The van der Waals surface area contributed by atoms with Crippen LogP contribution in [0.25, 0.3) is 5.57 Å². The summed E-state index contributed by atoms with van der Waals surface area (Å²) in [6, 6.07) is 4.31. The van der Waals surface area contributed by atoms with Crippen LogP contribution in [0, 0.1) is 28.6 Å². The maximum absolute atomic E-state index is 9.40. The van der Waals surface area contributed by atoms with Gasteiger partial charge in [-0.1, -0.05) is 55.8 Å². The van der Waals surface area contributed by atoms with Crippen molar-refractivity contribution in [3.63, 3.8) is 0 Å². The molecule has 4 aliphatic rings. The fourth-order valence-corrected chi connectivity index (χ4v) is 8.24. The van der Waals surface area contributed by atoms with Crippen molar-refractivity contribution in [1.82, 2.24) is 4.98 Å². The zero-order chi connectivity index (χ0) is 27.3. The SMILES string of the molecule is C/C=C/C(C)=C/N=CCC.CC1=C2CCC3C4CC=C(c5cccnc5)C4(C)CCC3C2(C)CC/C1=N\O. The summed E-state index contributed by atoms with van der Waals surface area (Å²) in [5.74, 6) is 2.33. The first kappa shape index (κ1) is 28.3. The summed E-state index contributed by atoms with van der Waals surface area (Å²) >= 11 is 0. The van der Waals surface area contributed by atoms with Gasteiger partial charge >= 0.3 is 0 Å². The van der Waals surface area contributed by atoms with E-state index in [1.165, 1.54) is 48.8 Å². The van der Waals surface area contributed by atoms with Crippen LogP contribution >= 0.6 is 0 Å². The van der Waals surface area contributed by atoms with Crippen LogP contribution in [0.4, 0.5) is 0 Å². The molecule has 0 saturated heterocycles. The van der Waals surface area contributed by atoms with Crippen LogP contribution in [0.1, 0.15) is 98.5 Å². The third kappa shape index (κ3) is 5.24. The summed E-state index contributed by atoms with van der Waals surface area (Å²) in [6.07, 6.45) is 23.6. The van der Waals surface area contributed by atoms with E-state index in [4.69, 9.17) is 0 Å². The third-order valence-corrected chi connectivity index (χ3v) is 10.1. The first-order valence-corrected chi connectivity index (χ1v) is 14.6. The number of aromatic nitrogens is 1. The van der Waals surface area contributed by atoms with Crippen molar-refractivity contribution in [3.8, 4) is 0 Å². The van der Waals surface area contributed by atoms with Crippen LogP contribution in [-0.2, 0) is 0 Å². The molecule has 2 fully saturated rings. The lowest BCUT2D eigenvalue weighted by Gasteiger charge is -2.58. The highest BCUT2D eigenvalue weighted by atomic mass is 16.4. The number of oxime groups is 1. The van der Waals surface area contributed by atoms with E-state index in [1.54, 1.807) is 11.1 Å². The molecule has 5 unspecified atom stereocenters. The van der Waals surface area contributed by atoms with Gasteiger partial charge in [0.2, 0.25) is 0 Å². The topological polar surface area (TPSA) is 57.8 Å². The summed E-state index contributed by atoms with van der Waals surface area (Å²) in [4.78, 5) is 8.46. The molecule has 4 heteroatoms. The van der Waals surface area contributed by atoms with E-state index in [0.29, 0.717) is 10.8 Å². The van der Waals surface area contributed by atoms with Crippen molar-refractivity contribution in [2.24, 2.45) is 38.7 Å². The van der Waals surface area contributed by atoms with Crippen LogP contribution in [-0.4, -0.2) is 22.1 Å². The fraction of sp³-hybridized carbons (Fsp3) is 0.559. The molecule has 5 atom stereocenters. The Hall–Kier alpha value is -2.75. The van der Waals surface area contributed by atoms with E-state index in [1.807, 2.05) is 44.6 Å². The maximum Gasteiger partial charge on any atom is 0.0824 e. The van der Waals surface area contributed by atoms with Gasteiger partial charge in [-0.2, -0.15) is 0 Å².